The Hall–Kier alpha value is -3.06. The minimum Gasteiger partial charge on any atom is -0.426 e. The maximum Gasteiger partial charge on any atom is 0.300 e. The summed E-state index contributed by atoms with van der Waals surface area (Å²) in [4.78, 5) is 33.6. The fraction of sp³-hybridized carbons (Fsp3) is 0.150. The molecular formula is C20H17N3O3S. The second-order valence-corrected chi connectivity index (χ2v) is 7.37. The van der Waals surface area contributed by atoms with Gasteiger partial charge in [-0.05, 0) is 61.5 Å². The van der Waals surface area contributed by atoms with E-state index in [4.69, 9.17) is 4.74 Å². The Morgan fingerprint density at radius 2 is 1.96 bits per heavy atom. The zero-order valence-electron chi connectivity index (χ0n) is 14.8. The van der Waals surface area contributed by atoms with Crippen LogP contribution in [0, 0.1) is 0 Å². The lowest BCUT2D eigenvalue weighted by Gasteiger charge is -2.16. The van der Waals surface area contributed by atoms with Crippen LogP contribution in [0.2, 0.25) is 0 Å². The number of fused-ring (bicyclic) bond motifs is 1. The van der Waals surface area contributed by atoms with E-state index in [0.29, 0.717) is 16.7 Å². The van der Waals surface area contributed by atoms with Crippen molar-refractivity contribution in [2.45, 2.75) is 19.9 Å². The molecular weight excluding hydrogens is 362 g/mol. The smallest absolute Gasteiger partial charge is 0.300 e. The largest absolute Gasteiger partial charge is 0.426 e. The molecule has 2 heterocycles. The molecule has 2 aromatic carbocycles. The number of carbonyl (C=O) groups excluding carboxylic acids is 2. The number of para-hydroxylation sites is 2. The Morgan fingerprint density at radius 3 is 2.70 bits per heavy atom. The van der Waals surface area contributed by atoms with Crippen LogP contribution in [0.25, 0.3) is 17.1 Å². The molecule has 0 saturated carbocycles. The van der Waals surface area contributed by atoms with Gasteiger partial charge in [-0.25, -0.2) is 0 Å². The first kappa shape index (κ1) is 17.4. The van der Waals surface area contributed by atoms with Crippen molar-refractivity contribution in [3.8, 4) is 11.8 Å². The number of aromatic nitrogens is 2. The number of imidazole rings is 1. The number of ether oxygens (including phenoxy) is 1. The number of nitrogens with one attached hydrogen (secondary N) is 1. The van der Waals surface area contributed by atoms with Crippen LogP contribution in [-0.4, -0.2) is 32.1 Å². The zero-order valence-corrected chi connectivity index (χ0v) is 15.6. The summed E-state index contributed by atoms with van der Waals surface area (Å²) < 4.78 is 5.81. The van der Waals surface area contributed by atoms with E-state index in [0.717, 1.165) is 28.4 Å². The Balaban J connectivity index is 1.57. The second-order valence-electron chi connectivity index (χ2n) is 6.38. The van der Waals surface area contributed by atoms with E-state index < -0.39 is 0 Å². The molecule has 1 aliphatic heterocycles. The molecule has 0 radical (unpaired) electrons. The van der Waals surface area contributed by atoms with Crippen molar-refractivity contribution in [2.24, 2.45) is 0 Å². The third kappa shape index (κ3) is 3.46. The third-order valence-electron chi connectivity index (χ3n) is 4.08. The molecule has 0 bridgehead atoms. The van der Waals surface area contributed by atoms with E-state index in [9.17, 15) is 9.59 Å². The molecule has 0 unspecified atom stereocenters. The molecule has 27 heavy (non-hydrogen) atoms. The molecule has 0 aliphatic carbocycles. The number of amides is 2. The molecule has 2 amide bonds. The van der Waals surface area contributed by atoms with Gasteiger partial charge in [-0.3, -0.25) is 14.5 Å². The van der Waals surface area contributed by atoms with Gasteiger partial charge < -0.3 is 9.72 Å². The molecule has 0 spiro atoms. The summed E-state index contributed by atoms with van der Waals surface area (Å²) in [6, 6.07) is 15.2. The Kier molecular flexibility index (Phi) is 4.45. The van der Waals surface area contributed by atoms with Crippen LogP contribution in [0.5, 0.6) is 11.8 Å². The van der Waals surface area contributed by atoms with Gasteiger partial charge in [0, 0.05) is 6.04 Å². The van der Waals surface area contributed by atoms with Crippen LogP contribution in [-0.2, 0) is 4.79 Å². The van der Waals surface area contributed by atoms with Gasteiger partial charge in [0.25, 0.3) is 17.2 Å². The zero-order chi connectivity index (χ0) is 19.0. The first-order valence-corrected chi connectivity index (χ1v) is 9.32. The van der Waals surface area contributed by atoms with Gasteiger partial charge in [-0.1, -0.05) is 24.3 Å². The highest BCUT2D eigenvalue weighted by molar-refractivity contribution is 8.18. The van der Waals surface area contributed by atoms with Gasteiger partial charge in [0.05, 0.1) is 15.9 Å². The van der Waals surface area contributed by atoms with Gasteiger partial charge in [-0.15, -0.1) is 0 Å². The summed E-state index contributed by atoms with van der Waals surface area (Å²) in [5.41, 5.74) is 2.50. The van der Waals surface area contributed by atoms with Gasteiger partial charge in [0.2, 0.25) is 0 Å². The molecule has 1 saturated heterocycles. The van der Waals surface area contributed by atoms with Crippen LogP contribution < -0.4 is 4.74 Å². The first-order valence-electron chi connectivity index (χ1n) is 8.51. The van der Waals surface area contributed by atoms with Crippen molar-refractivity contribution in [2.75, 3.05) is 0 Å². The van der Waals surface area contributed by atoms with Crippen LogP contribution >= 0.6 is 11.8 Å². The van der Waals surface area contributed by atoms with Gasteiger partial charge in [0.15, 0.2) is 0 Å². The summed E-state index contributed by atoms with van der Waals surface area (Å²) in [5, 5.41) is -0.240. The predicted octanol–water partition coefficient (Wildman–Crippen LogP) is 4.80. The lowest BCUT2D eigenvalue weighted by atomic mass is 10.2. The average Bonchev–Trinajstić information content (AvgIpc) is 3.15. The van der Waals surface area contributed by atoms with Crippen molar-refractivity contribution in [3.05, 3.63) is 59.0 Å². The number of rotatable bonds is 4. The minimum absolute atomic E-state index is 0.161. The molecule has 7 heteroatoms. The average molecular weight is 379 g/mol. The summed E-state index contributed by atoms with van der Waals surface area (Å²) in [6.07, 6.45) is 1.71. The summed E-state index contributed by atoms with van der Waals surface area (Å²) in [7, 11) is 0. The molecule has 1 aliphatic rings. The highest BCUT2D eigenvalue weighted by atomic mass is 32.2. The normalized spacial score (nSPS) is 16.1. The number of benzene rings is 2. The van der Waals surface area contributed by atoms with Crippen molar-refractivity contribution >= 4 is 40.0 Å². The fourth-order valence-electron chi connectivity index (χ4n) is 2.83. The monoisotopic (exact) mass is 379 g/mol. The lowest BCUT2D eigenvalue weighted by molar-refractivity contribution is -0.123. The molecule has 1 N–H and O–H groups in total. The number of aromatic amines is 1. The number of carbonyl (C=O) groups is 2. The molecule has 0 atom stereocenters. The molecule has 1 aromatic heterocycles. The Bertz CT molecular complexity index is 1040. The number of hydrogen-bond donors (Lipinski definition) is 1. The molecule has 1 fully saturated rings. The van der Waals surface area contributed by atoms with E-state index in [1.54, 1.807) is 12.1 Å². The predicted molar refractivity (Wildman–Crippen MR) is 106 cm³/mol. The van der Waals surface area contributed by atoms with Gasteiger partial charge in [0.1, 0.15) is 5.75 Å². The lowest BCUT2D eigenvalue weighted by Crippen LogP contribution is -2.34. The number of thioether (sulfide) groups is 1. The second kappa shape index (κ2) is 6.92. The highest BCUT2D eigenvalue weighted by Crippen LogP contribution is 2.34. The van der Waals surface area contributed by atoms with Crippen molar-refractivity contribution in [1.82, 2.24) is 14.9 Å². The number of hydrogen-bond acceptors (Lipinski definition) is 5. The Labute approximate surface area is 160 Å². The van der Waals surface area contributed by atoms with E-state index in [2.05, 4.69) is 9.97 Å². The number of imide groups is 1. The molecule has 6 nitrogen and oxygen atoms in total. The standard InChI is InChI=1S/C20H17N3O3S/c1-12(2)23-18(24)17(27-20(23)25)11-13-6-5-7-14(10-13)26-19-21-15-8-3-4-9-16(15)22-19/h3-12H,1-2H3,(H,21,22). The van der Waals surface area contributed by atoms with E-state index in [1.165, 1.54) is 4.90 Å². The van der Waals surface area contributed by atoms with E-state index in [1.807, 2.05) is 56.3 Å². The van der Waals surface area contributed by atoms with Crippen LogP contribution in [0.3, 0.4) is 0 Å². The summed E-state index contributed by atoms with van der Waals surface area (Å²) in [5.74, 6) is 0.328. The van der Waals surface area contributed by atoms with E-state index in [-0.39, 0.29) is 17.2 Å². The summed E-state index contributed by atoms with van der Waals surface area (Å²) in [6.45, 7) is 3.64. The van der Waals surface area contributed by atoms with Crippen LogP contribution in [0.15, 0.2) is 53.4 Å². The first-order chi connectivity index (χ1) is 13.0. The third-order valence-corrected chi connectivity index (χ3v) is 4.96. The number of nitrogens with zero attached hydrogens (tertiary/aromatic N) is 2. The van der Waals surface area contributed by atoms with Crippen LogP contribution in [0.1, 0.15) is 19.4 Å². The molecule has 3 aromatic rings. The topological polar surface area (TPSA) is 75.3 Å². The Morgan fingerprint density at radius 1 is 1.15 bits per heavy atom. The quantitative estimate of drug-likeness (QED) is 0.659. The van der Waals surface area contributed by atoms with Crippen molar-refractivity contribution in [3.63, 3.8) is 0 Å². The highest BCUT2D eigenvalue weighted by Gasteiger charge is 2.36. The molecule has 136 valence electrons. The number of H-pyrrole nitrogens is 1. The van der Waals surface area contributed by atoms with Crippen molar-refractivity contribution < 1.29 is 14.3 Å². The van der Waals surface area contributed by atoms with Crippen molar-refractivity contribution in [1.29, 1.82) is 0 Å². The van der Waals surface area contributed by atoms with E-state index >= 15 is 0 Å². The summed E-state index contributed by atoms with van der Waals surface area (Å²) >= 11 is 0.957. The van der Waals surface area contributed by atoms with Crippen LogP contribution in [0.4, 0.5) is 4.79 Å². The minimum atomic E-state index is -0.261. The van der Waals surface area contributed by atoms with Gasteiger partial charge >= 0.3 is 0 Å². The van der Waals surface area contributed by atoms with Gasteiger partial charge in [-0.2, -0.15) is 4.98 Å². The molecule has 4 rings (SSSR count). The maximum absolute atomic E-state index is 12.4. The SMILES string of the molecule is CC(C)N1C(=O)SC(=Cc2cccc(Oc3nc4ccccc4[nH]3)c2)C1=O. The maximum atomic E-state index is 12.4. The fourth-order valence-corrected chi connectivity index (χ4v) is 3.79.